The summed E-state index contributed by atoms with van der Waals surface area (Å²) in [6.07, 6.45) is 3.33. The first-order valence-corrected chi connectivity index (χ1v) is 8.40. The summed E-state index contributed by atoms with van der Waals surface area (Å²) in [4.78, 5) is 38.5. The summed E-state index contributed by atoms with van der Waals surface area (Å²) < 4.78 is 18.6. The molecule has 6 nitrogen and oxygen atoms in total. The highest BCUT2D eigenvalue weighted by atomic mass is 19.1. The molecule has 1 spiro atoms. The molecule has 1 aromatic carbocycles. The molecule has 2 aliphatic rings. The Hall–Kier alpha value is -2.44. The van der Waals surface area contributed by atoms with Gasteiger partial charge < -0.3 is 10.1 Å². The summed E-state index contributed by atoms with van der Waals surface area (Å²) >= 11 is 0. The maximum Gasteiger partial charge on any atom is 0.325 e. The third-order valence-electron chi connectivity index (χ3n) is 5.28. The quantitative estimate of drug-likeness (QED) is 0.670. The van der Waals surface area contributed by atoms with Crippen LogP contribution in [0.15, 0.2) is 18.2 Å². The summed E-state index contributed by atoms with van der Waals surface area (Å²) in [6, 6.07) is 3.26. The number of benzene rings is 1. The largest absolute Gasteiger partial charge is 0.494 e. The number of ether oxygens (including phenoxy) is 1. The molecule has 1 saturated carbocycles. The second kappa shape index (κ2) is 6.46. The van der Waals surface area contributed by atoms with Crippen molar-refractivity contribution in [1.29, 1.82) is 0 Å². The molecule has 0 radical (unpaired) electrons. The Labute approximate surface area is 145 Å². The summed E-state index contributed by atoms with van der Waals surface area (Å²) in [7, 11) is 1.33. The number of ketones is 1. The minimum atomic E-state index is -0.902. The van der Waals surface area contributed by atoms with Crippen molar-refractivity contribution in [1.82, 2.24) is 10.2 Å². The van der Waals surface area contributed by atoms with Crippen molar-refractivity contribution in [3.63, 3.8) is 0 Å². The molecule has 1 heterocycles. The van der Waals surface area contributed by atoms with Crippen LogP contribution in [0.5, 0.6) is 5.75 Å². The number of urea groups is 1. The third kappa shape index (κ3) is 2.88. The summed E-state index contributed by atoms with van der Waals surface area (Å²) in [6.45, 7) is 1.55. The number of carbonyl (C=O) groups is 3. The molecule has 1 aliphatic heterocycles. The molecule has 1 N–H and O–H groups in total. The highest BCUT2D eigenvalue weighted by Crippen LogP contribution is 2.38. The molecular formula is C18H21FN2O4. The van der Waals surface area contributed by atoms with E-state index in [1.807, 2.05) is 6.92 Å². The average molecular weight is 348 g/mol. The fourth-order valence-electron chi connectivity index (χ4n) is 3.71. The lowest BCUT2D eigenvalue weighted by atomic mass is 9.73. The smallest absolute Gasteiger partial charge is 0.325 e. The molecule has 7 heteroatoms. The third-order valence-corrected chi connectivity index (χ3v) is 5.28. The van der Waals surface area contributed by atoms with Gasteiger partial charge in [0.2, 0.25) is 0 Å². The van der Waals surface area contributed by atoms with E-state index in [2.05, 4.69) is 5.32 Å². The second-order valence-electron chi connectivity index (χ2n) is 6.71. The molecule has 25 heavy (non-hydrogen) atoms. The predicted octanol–water partition coefficient (Wildman–Crippen LogP) is 2.52. The van der Waals surface area contributed by atoms with Gasteiger partial charge in [-0.25, -0.2) is 9.18 Å². The number of rotatable bonds is 4. The molecule has 0 bridgehead atoms. The highest BCUT2D eigenvalue weighted by molar-refractivity contribution is 6.11. The van der Waals surface area contributed by atoms with Crippen molar-refractivity contribution in [3.8, 4) is 5.75 Å². The predicted molar refractivity (Wildman–Crippen MR) is 87.9 cm³/mol. The van der Waals surface area contributed by atoms with Crippen molar-refractivity contribution in [2.75, 3.05) is 13.7 Å². The van der Waals surface area contributed by atoms with Crippen LogP contribution in [0, 0.1) is 11.7 Å². The molecule has 1 saturated heterocycles. The SMILES string of the molecule is COc1ccc(C(=O)CN2C(=O)NC3(CCCCC3C)C2=O)cc1F. The van der Waals surface area contributed by atoms with Crippen LogP contribution < -0.4 is 10.1 Å². The topological polar surface area (TPSA) is 75.7 Å². The van der Waals surface area contributed by atoms with E-state index in [1.54, 1.807) is 0 Å². The molecule has 3 rings (SSSR count). The van der Waals surface area contributed by atoms with Crippen molar-refractivity contribution < 1.29 is 23.5 Å². The number of halogens is 1. The molecule has 134 valence electrons. The first-order chi connectivity index (χ1) is 11.9. The van der Waals surface area contributed by atoms with Crippen LogP contribution in [0.4, 0.5) is 9.18 Å². The Bertz CT molecular complexity index is 736. The maximum atomic E-state index is 13.8. The highest BCUT2D eigenvalue weighted by Gasteiger charge is 2.55. The molecule has 2 unspecified atom stereocenters. The maximum absolute atomic E-state index is 13.8. The van der Waals surface area contributed by atoms with E-state index in [0.29, 0.717) is 6.42 Å². The number of hydrogen-bond acceptors (Lipinski definition) is 4. The van der Waals surface area contributed by atoms with E-state index in [9.17, 15) is 18.8 Å². The summed E-state index contributed by atoms with van der Waals surface area (Å²) in [5.41, 5.74) is -0.808. The van der Waals surface area contributed by atoms with E-state index in [-0.39, 0.29) is 23.1 Å². The minimum Gasteiger partial charge on any atom is -0.494 e. The fourth-order valence-corrected chi connectivity index (χ4v) is 3.71. The number of imide groups is 1. The van der Waals surface area contributed by atoms with Gasteiger partial charge in [-0.15, -0.1) is 0 Å². The first-order valence-electron chi connectivity index (χ1n) is 8.40. The number of nitrogens with one attached hydrogen (secondary N) is 1. The van der Waals surface area contributed by atoms with E-state index >= 15 is 0 Å². The van der Waals surface area contributed by atoms with Gasteiger partial charge >= 0.3 is 6.03 Å². The van der Waals surface area contributed by atoms with Crippen molar-refractivity contribution >= 4 is 17.7 Å². The van der Waals surface area contributed by atoms with Crippen molar-refractivity contribution in [2.24, 2.45) is 5.92 Å². The number of carbonyl (C=O) groups excluding carboxylic acids is 3. The minimum absolute atomic E-state index is 0.0243. The number of nitrogens with zero attached hydrogens (tertiary/aromatic N) is 1. The van der Waals surface area contributed by atoms with Gasteiger partial charge in [-0.3, -0.25) is 14.5 Å². The monoisotopic (exact) mass is 348 g/mol. The standard InChI is InChI=1S/C18H21FN2O4/c1-11-5-3-4-8-18(11)16(23)21(17(24)20-18)10-14(22)12-6-7-15(25-2)13(19)9-12/h6-7,9,11H,3-5,8,10H2,1-2H3,(H,20,24). The molecule has 1 aliphatic carbocycles. The van der Waals surface area contributed by atoms with Gasteiger partial charge in [0.05, 0.1) is 13.7 Å². The van der Waals surface area contributed by atoms with Crippen LogP contribution in [-0.2, 0) is 4.79 Å². The van der Waals surface area contributed by atoms with Gasteiger partial charge in [-0.1, -0.05) is 19.8 Å². The van der Waals surface area contributed by atoms with E-state index in [4.69, 9.17) is 4.74 Å². The molecule has 0 aromatic heterocycles. The zero-order valence-electron chi connectivity index (χ0n) is 14.3. The first kappa shape index (κ1) is 17.4. The molecule has 2 fully saturated rings. The van der Waals surface area contributed by atoms with Gasteiger partial charge in [0, 0.05) is 5.56 Å². The number of Topliss-reactive ketones (excluding diaryl/α,β-unsaturated/α-hetero) is 1. The van der Waals surface area contributed by atoms with Crippen LogP contribution in [0.3, 0.4) is 0 Å². The molecule has 1 aromatic rings. The Kier molecular flexibility index (Phi) is 4.49. The fraction of sp³-hybridized carbons (Fsp3) is 0.500. The van der Waals surface area contributed by atoms with Crippen LogP contribution in [0.25, 0.3) is 0 Å². The van der Waals surface area contributed by atoms with Gasteiger partial charge in [0.1, 0.15) is 5.54 Å². The number of amides is 3. The second-order valence-corrected chi connectivity index (χ2v) is 6.71. The van der Waals surface area contributed by atoms with Gasteiger partial charge in [0.25, 0.3) is 5.91 Å². The summed E-state index contributed by atoms with van der Waals surface area (Å²) in [5.74, 6) is -1.46. The molecular weight excluding hydrogens is 327 g/mol. The van der Waals surface area contributed by atoms with Crippen molar-refractivity contribution in [3.05, 3.63) is 29.6 Å². The van der Waals surface area contributed by atoms with Crippen LogP contribution in [-0.4, -0.2) is 41.8 Å². The van der Waals surface area contributed by atoms with E-state index in [1.165, 1.54) is 19.2 Å². The van der Waals surface area contributed by atoms with Crippen LogP contribution >= 0.6 is 0 Å². The van der Waals surface area contributed by atoms with Gasteiger partial charge in [-0.2, -0.15) is 0 Å². The Morgan fingerprint density at radius 3 is 2.80 bits per heavy atom. The lowest BCUT2D eigenvalue weighted by molar-refractivity contribution is -0.133. The lowest BCUT2D eigenvalue weighted by Crippen LogP contribution is -2.54. The molecule has 3 amide bonds. The lowest BCUT2D eigenvalue weighted by Gasteiger charge is -2.36. The summed E-state index contributed by atoms with van der Waals surface area (Å²) in [5, 5.41) is 2.80. The molecule has 2 atom stereocenters. The Morgan fingerprint density at radius 2 is 2.16 bits per heavy atom. The normalized spacial score (nSPS) is 26.0. The van der Waals surface area contributed by atoms with Gasteiger partial charge in [0.15, 0.2) is 17.3 Å². The zero-order valence-corrected chi connectivity index (χ0v) is 14.3. The van der Waals surface area contributed by atoms with Crippen molar-refractivity contribution in [2.45, 2.75) is 38.1 Å². The van der Waals surface area contributed by atoms with E-state index < -0.39 is 29.7 Å². The Balaban J connectivity index is 1.78. The van der Waals surface area contributed by atoms with Gasteiger partial charge in [-0.05, 0) is 37.0 Å². The number of methoxy groups -OCH3 is 1. The van der Waals surface area contributed by atoms with Crippen LogP contribution in [0.1, 0.15) is 43.0 Å². The van der Waals surface area contributed by atoms with E-state index in [0.717, 1.165) is 30.2 Å². The number of hydrogen-bond donors (Lipinski definition) is 1. The average Bonchev–Trinajstić information content (AvgIpc) is 2.82. The zero-order chi connectivity index (χ0) is 18.2. The van der Waals surface area contributed by atoms with Crippen LogP contribution in [0.2, 0.25) is 0 Å². The Morgan fingerprint density at radius 1 is 1.40 bits per heavy atom.